The molecule has 0 radical (unpaired) electrons. The summed E-state index contributed by atoms with van der Waals surface area (Å²) in [5.74, 6) is 0.616. The van der Waals surface area contributed by atoms with Crippen molar-refractivity contribution in [1.82, 2.24) is 30.2 Å². The molecule has 0 aliphatic carbocycles. The average molecular weight is 467 g/mol. The van der Waals surface area contributed by atoms with E-state index in [-0.39, 0.29) is 18.1 Å². The van der Waals surface area contributed by atoms with E-state index in [4.69, 9.17) is 5.73 Å². The fourth-order valence-electron chi connectivity index (χ4n) is 4.32. The minimum atomic E-state index is -0.548. The molecule has 182 valence electrons. The lowest BCUT2D eigenvalue weighted by Gasteiger charge is -2.29. The molecule has 0 unspecified atom stereocenters. The summed E-state index contributed by atoms with van der Waals surface area (Å²) in [5.41, 5.74) is 9.11. The van der Waals surface area contributed by atoms with E-state index >= 15 is 0 Å². The van der Waals surface area contributed by atoms with Crippen molar-refractivity contribution < 1.29 is 5.11 Å². The number of hydrogen-bond donors (Lipinski definition) is 5. The van der Waals surface area contributed by atoms with Crippen molar-refractivity contribution in [3.8, 4) is 11.1 Å². The predicted octanol–water partition coefficient (Wildman–Crippen LogP) is 1.72. The number of aliphatic hydroxyl groups is 1. The molecule has 0 amide bonds. The van der Waals surface area contributed by atoms with Crippen molar-refractivity contribution >= 4 is 22.8 Å². The number of piperazine rings is 1. The number of nitrogens with two attached hydrogens (primary N) is 1. The van der Waals surface area contributed by atoms with Crippen LogP contribution in [0.2, 0.25) is 0 Å². The van der Waals surface area contributed by atoms with Gasteiger partial charge in [0.05, 0.1) is 17.7 Å². The number of fused-ring (bicyclic) bond motifs is 1. The second-order valence-corrected chi connectivity index (χ2v) is 9.23. The lowest BCUT2D eigenvalue weighted by Crippen LogP contribution is -2.43. The normalized spacial score (nSPS) is 16.4. The van der Waals surface area contributed by atoms with Crippen molar-refractivity contribution in [2.45, 2.75) is 45.2 Å². The first kappa shape index (κ1) is 24.1. The van der Waals surface area contributed by atoms with E-state index in [0.29, 0.717) is 16.9 Å². The topological polar surface area (TPSA) is 145 Å². The van der Waals surface area contributed by atoms with Gasteiger partial charge in [0, 0.05) is 56.7 Å². The third-order valence-corrected chi connectivity index (χ3v) is 6.33. The first-order valence-electron chi connectivity index (χ1n) is 11.9. The van der Waals surface area contributed by atoms with Crippen LogP contribution in [0, 0.1) is 0 Å². The van der Waals surface area contributed by atoms with Crippen LogP contribution in [0.1, 0.15) is 38.7 Å². The molecule has 34 heavy (non-hydrogen) atoms. The SMILES string of the molecule is CCCC[C@](C)(CO)Nc1nc(N)nc2cc(-c3cc(=O)[nH]cc3CN3CCNCC3)cnc12. The molecule has 1 aliphatic rings. The van der Waals surface area contributed by atoms with Crippen LogP contribution < -0.4 is 21.9 Å². The predicted molar refractivity (Wildman–Crippen MR) is 135 cm³/mol. The first-order chi connectivity index (χ1) is 16.4. The van der Waals surface area contributed by atoms with E-state index in [9.17, 15) is 9.90 Å². The van der Waals surface area contributed by atoms with Crippen LogP contribution in [-0.4, -0.2) is 68.3 Å². The molecule has 0 bridgehead atoms. The second-order valence-electron chi connectivity index (χ2n) is 9.23. The molecule has 4 heterocycles. The summed E-state index contributed by atoms with van der Waals surface area (Å²) in [5, 5.41) is 16.7. The van der Waals surface area contributed by atoms with Crippen LogP contribution in [-0.2, 0) is 6.54 Å². The lowest BCUT2D eigenvalue weighted by molar-refractivity contribution is 0.212. The fraction of sp³-hybridized carbons (Fsp3) is 0.500. The number of hydrogen-bond acceptors (Lipinski definition) is 9. The van der Waals surface area contributed by atoms with Gasteiger partial charge in [0.25, 0.3) is 0 Å². The van der Waals surface area contributed by atoms with Gasteiger partial charge in [-0.1, -0.05) is 19.8 Å². The van der Waals surface area contributed by atoms with Crippen LogP contribution in [0.15, 0.2) is 29.3 Å². The zero-order chi connectivity index (χ0) is 24.1. The number of unbranched alkanes of at least 4 members (excludes halogenated alkanes) is 1. The minimum Gasteiger partial charge on any atom is -0.394 e. The molecule has 6 N–H and O–H groups in total. The molecular weight excluding hydrogens is 432 g/mol. The van der Waals surface area contributed by atoms with Crippen molar-refractivity contribution in [2.75, 3.05) is 43.8 Å². The maximum atomic E-state index is 12.2. The molecule has 3 aromatic heterocycles. The molecule has 10 heteroatoms. The molecular formula is C24H34N8O2. The van der Waals surface area contributed by atoms with Crippen LogP contribution in [0.5, 0.6) is 0 Å². The molecule has 1 saturated heterocycles. The Morgan fingerprint density at radius 3 is 2.79 bits per heavy atom. The Morgan fingerprint density at radius 2 is 2.06 bits per heavy atom. The fourth-order valence-corrected chi connectivity index (χ4v) is 4.32. The Morgan fingerprint density at radius 1 is 1.26 bits per heavy atom. The van der Waals surface area contributed by atoms with Gasteiger partial charge in [0.1, 0.15) is 5.52 Å². The molecule has 10 nitrogen and oxygen atoms in total. The number of aromatic amines is 1. The highest BCUT2D eigenvalue weighted by Gasteiger charge is 2.25. The molecule has 4 rings (SSSR count). The van der Waals surface area contributed by atoms with Gasteiger partial charge in [-0.05, 0) is 30.5 Å². The summed E-state index contributed by atoms with van der Waals surface area (Å²) >= 11 is 0. The van der Waals surface area contributed by atoms with Crippen LogP contribution in [0.4, 0.5) is 11.8 Å². The number of nitrogens with one attached hydrogen (secondary N) is 3. The number of anilines is 2. The number of pyridine rings is 2. The summed E-state index contributed by atoms with van der Waals surface area (Å²) in [6, 6.07) is 3.50. The summed E-state index contributed by atoms with van der Waals surface area (Å²) in [6.07, 6.45) is 6.30. The van der Waals surface area contributed by atoms with Gasteiger partial charge in [-0.2, -0.15) is 4.98 Å². The molecule has 0 spiro atoms. The number of rotatable bonds is 9. The largest absolute Gasteiger partial charge is 0.394 e. The van der Waals surface area contributed by atoms with E-state index in [1.54, 1.807) is 18.5 Å². The summed E-state index contributed by atoms with van der Waals surface area (Å²) < 4.78 is 0. The molecule has 1 aliphatic heterocycles. The van der Waals surface area contributed by atoms with Crippen molar-refractivity contribution in [1.29, 1.82) is 0 Å². The maximum absolute atomic E-state index is 12.2. The monoisotopic (exact) mass is 466 g/mol. The molecule has 0 aromatic carbocycles. The summed E-state index contributed by atoms with van der Waals surface area (Å²) in [4.78, 5) is 30.8. The standard InChI is InChI=1S/C24H34N8O2/c1-3-4-5-24(2,15-33)31-22-21-19(29-23(25)30-22)10-16(12-28-21)18-11-20(34)27-13-17(18)14-32-8-6-26-7-9-32/h10-13,26,33H,3-9,14-15H2,1-2H3,(H,27,34)(H3,25,29,30,31)/t24-/m1/s1. The van der Waals surface area contributed by atoms with Gasteiger partial charge in [0.2, 0.25) is 11.5 Å². The van der Waals surface area contributed by atoms with Crippen LogP contribution in [0.3, 0.4) is 0 Å². The van der Waals surface area contributed by atoms with Crippen molar-refractivity contribution in [2.24, 2.45) is 0 Å². The number of nitrogens with zero attached hydrogens (tertiary/aromatic N) is 4. The van der Waals surface area contributed by atoms with E-state index in [2.05, 4.69) is 42.4 Å². The number of H-pyrrole nitrogens is 1. The Balaban J connectivity index is 1.71. The number of aromatic nitrogens is 4. The second kappa shape index (κ2) is 10.5. The summed E-state index contributed by atoms with van der Waals surface area (Å²) in [6.45, 7) is 8.57. The van der Waals surface area contributed by atoms with E-state index < -0.39 is 5.54 Å². The van der Waals surface area contributed by atoms with Crippen molar-refractivity contribution in [3.05, 3.63) is 40.4 Å². The van der Waals surface area contributed by atoms with E-state index in [1.807, 2.05) is 13.0 Å². The highest BCUT2D eigenvalue weighted by atomic mass is 16.3. The Kier molecular flexibility index (Phi) is 7.40. The van der Waals surface area contributed by atoms with Crippen molar-refractivity contribution in [3.63, 3.8) is 0 Å². The zero-order valence-corrected chi connectivity index (χ0v) is 19.9. The quantitative estimate of drug-likeness (QED) is 0.318. The third kappa shape index (κ3) is 5.52. The third-order valence-electron chi connectivity index (χ3n) is 6.33. The Bertz CT molecular complexity index is 1190. The van der Waals surface area contributed by atoms with Crippen LogP contribution >= 0.6 is 0 Å². The maximum Gasteiger partial charge on any atom is 0.248 e. The van der Waals surface area contributed by atoms with Gasteiger partial charge in [-0.15, -0.1) is 0 Å². The Labute approximate surface area is 199 Å². The number of nitrogen functional groups attached to an aromatic ring is 1. The van der Waals surface area contributed by atoms with E-state index in [1.165, 1.54) is 0 Å². The van der Waals surface area contributed by atoms with Gasteiger partial charge < -0.3 is 26.5 Å². The number of aliphatic hydroxyl groups excluding tert-OH is 1. The smallest absolute Gasteiger partial charge is 0.248 e. The van der Waals surface area contributed by atoms with Gasteiger partial charge in [0.15, 0.2) is 5.82 Å². The van der Waals surface area contributed by atoms with Crippen LogP contribution in [0.25, 0.3) is 22.2 Å². The lowest BCUT2D eigenvalue weighted by atomic mass is 9.96. The zero-order valence-electron chi connectivity index (χ0n) is 19.9. The highest BCUT2D eigenvalue weighted by molar-refractivity contribution is 5.89. The summed E-state index contributed by atoms with van der Waals surface area (Å²) in [7, 11) is 0. The van der Waals surface area contributed by atoms with Gasteiger partial charge in [-0.3, -0.25) is 14.7 Å². The highest BCUT2D eigenvalue weighted by Crippen LogP contribution is 2.29. The van der Waals surface area contributed by atoms with Gasteiger partial charge in [-0.25, -0.2) is 4.98 Å². The first-order valence-corrected chi connectivity index (χ1v) is 11.9. The minimum absolute atomic E-state index is 0.0430. The van der Waals surface area contributed by atoms with Gasteiger partial charge >= 0.3 is 0 Å². The van der Waals surface area contributed by atoms with E-state index in [0.717, 1.165) is 68.7 Å². The Hall–Kier alpha value is -3.08. The molecule has 1 atom stereocenters. The molecule has 3 aromatic rings. The average Bonchev–Trinajstić information content (AvgIpc) is 2.84. The molecule has 1 fully saturated rings. The molecule has 0 saturated carbocycles.